The van der Waals surface area contributed by atoms with Crippen LogP contribution in [0.5, 0.6) is 0 Å². The van der Waals surface area contributed by atoms with Gasteiger partial charge >= 0.3 is 6.03 Å². The number of amides is 2. The van der Waals surface area contributed by atoms with E-state index in [0.29, 0.717) is 26.2 Å². The highest BCUT2D eigenvalue weighted by molar-refractivity contribution is 7.89. The molecule has 25 heavy (non-hydrogen) atoms. The van der Waals surface area contributed by atoms with Gasteiger partial charge in [-0.3, -0.25) is 0 Å². The van der Waals surface area contributed by atoms with Gasteiger partial charge in [-0.2, -0.15) is 4.31 Å². The van der Waals surface area contributed by atoms with E-state index in [-0.39, 0.29) is 16.3 Å². The van der Waals surface area contributed by atoms with Crippen molar-refractivity contribution in [3.8, 4) is 0 Å². The maximum Gasteiger partial charge on any atom is 0.319 e. The van der Waals surface area contributed by atoms with Crippen molar-refractivity contribution in [1.29, 1.82) is 0 Å². The molecule has 2 saturated heterocycles. The molecule has 2 amide bonds. The lowest BCUT2D eigenvalue weighted by atomic mass is 9.79. The van der Waals surface area contributed by atoms with Gasteiger partial charge in [-0.1, -0.05) is 0 Å². The van der Waals surface area contributed by atoms with Crippen molar-refractivity contribution in [3.63, 3.8) is 0 Å². The number of hydrogen-bond donors (Lipinski definition) is 0. The summed E-state index contributed by atoms with van der Waals surface area (Å²) in [6.07, 6.45) is 2.54. The lowest BCUT2D eigenvalue weighted by molar-refractivity contribution is 0.100. The predicted octanol–water partition coefficient (Wildman–Crippen LogP) is 1.98. The molecule has 8 heteroatoms. The number of hydrogen-bond acceptors (Lipinski definition) is 3. The normalized spacial score (nSPS) is 24.7. The minimum atomic E-state index is -3.63. The molecule has 3 rings (SSSR count). The highest BCUT2D eigenvalue weighted by Gasteiger charge is 2.46. The number of carbonyl (C=O) groups is 1. The molecule has 2 heterocycles. The van der Waals surface area contributed by atoms with E-state index in [1.54, 1.807) is 19.0 Å². The topological polar surface area (TPSA) is 60.9 Å². The van der Waals surface area contributed by atoms with Crippen molar-refractivity contribution in [1.82, 2.24) is 14.1 Å². The van der Waals surface area contributed by atoms with Gasteiger partial charge in [-0.25, -0.2) is 17.6 Å². The van der Waals surface area contributed by atoms with Gasteiger partial charge in [0.05, 0.1) is 4.90 Å². The van der Waals surface area contributed by atoms with Gasteiger partial charge in [0.1, 0.15) is 5.82 Å². The number of rotatable bonds is 2. The van der Waals surface area contributed by atoms with Crippen LogP contribution in [0.1, 0.15) is 19.3 Å². The number of sulfonamides is 1. The first-order chi connectivity index (χ1) is 11.7. The van der Waals surface area contributed by atoms with Gasteiger partial charge in [-0.05, 0) is 43.5 Å². The maximum absolute atomic E-state index is 13.1. The number of piperidine rings is 1. The molecule has 1 aromatic carbocycles. The Morgan fingerprint density at radius 1 is 1.12 bits per heavy atom. The highest BCUT2D eigenvalue weighted by Crippen LogP contribution is 2.41. The Morgan fingerprint density at radius 2 is 1.80 bits per heavy atom. The van der Waals surface area contributed by atoms with E-state index in [1.165, 1.54) is 16.4 Å². The first-order valence-electron chi connectivity index (χ1n) is 8.46. The van der Waals surface area contributed by atoms with Crippen LogP contribution in [0.25, 0.3) is 0 Å². The Labute approximate surface area is 148 Å². The number of nitrogens with zero attached hydrogens (tertiary/aromatic N) is 3. The van der Waals surface area contributed by atoms with Crippen molar-refractivity contribution < 1.29 is 17.6 Å². The SMILES string of the molecule is CN(C)C(=O)N1CCC[C@@]2(CCN(S(=O)(=O)c3ccc(F)cc3)C2)C1. The predicted molar refractivity (Wildman–Crippen MR) is 92.1 cm³/mol. The first kappa shape index (κ1) is 18.1. The van der Waals surface area contributed by atoms with E-state index >= 15 is 0 Å². The molecule has 1 aromatic rings. The monoisotopic (exact) mass is 369 g/mol. The summed E-state index contributed by atoms with van der Waals surface area (Å²) in [5.41, 5.74) is -0.184. The van der Waals surface area contributed by atoms with Crippen LogP contribution < -0.4 is 0 Å². The Kier molecular flexibility index (Phi) is 4.76. The third-order valence-corrected chi connectivity index (χ3v) is 7.03. The molecule has 0 N–H and O–H groups in total. The quantitative estimate of drug-likeness (QED) is 0.801. The molecule has 138 valence electrons. The second-order valence-corrected chi connectivity index (χ2v) is 9.18. The lowest BCUT2D eigenvalue weighted by Crippen LogP contribution is -2.50. The summed E-state index contributed by atoms with van der Waals surface area (Å²) in [6, 6.07) is 4.91. The molecule has 2 aliphatic rings. The molecule has 0 aromatic heterocycles. The van der Waals surface area contributed by atoms with Crippen molar-refractivity contribution in [2.24, 2.45) is 5.41 Å². The second-order valence-electron chi connectivity index (χ2n) is 7.24. The van der Waals surface area contributed by atoms with E-state index in [2.05, 4.69) is 0 Å². The molecule has 2 fully saturated rings. The zero-order valence-corrected chi connectivity index (χ0v) is 15.4. The lowest BCUT2D eigenvalue weighted by Gasteiger charge is -2.41. The fourth-order valence-electron chi connectivity index (χ4n) is 3.84. The standard InChI is InChI=1S/C17H24FN3O3S/c1-19(2)16(22)20-10-3-8-17(12-20)9-11-21(13-17)25(23,24)15-6-4-14(18)5-7-15/h4-7H,3,8-13H2,1-2H3/t17-/m1/s1. The fourth-order valence-corrected chi connectivity index (χ4v) is 5.40. The number of benzene rings is 1. The van der Waals surface area contributed by atoms with Gasteiger partial charge in [0.15, 0.2) is 0 Å². The van der Waals surface area contributed by atoms with Gasteiger partial charge < -0.3 is 9.80 Å². The highest BCUT2D eigenvalue weighted by atomic mass is 32.2. The van der Waals surface area contributed by atoms with E-state index < -0.39 is 15.8 Å². The van der Waals surface area contributed by atoms with Crippen LogP contribution in [0, 0.1) is 11.2 Å². The minimum Gasteiger partial charge on any atom is -0.331 e. The van der Waals surface area contributed by atoms with Crippen LogP contribution >= 0.6 is 0 Å². The van der Waals surface area contributed by atoms with Crippen LogP contribution in [0.3, 0.4) is 0 Å². The molecular formula is C17H24FN3O3S. The summed E-state index contributed by atoms with van der Waals surface area (Å²) >= 11 is 0. The number of urea groups is 1. The van der Waals surface area contributed by atoms with E-state index in [0.717, 1.165) is 31.4 Å². The number of carbonyl (C=O) groups excluding carboxylic acids is 1. The minimum absolute atomic E-state index is 0.0288. The van der Waals surface area contributed by atoms with Crippen molar-refractivity contribution in [3.05, 3.63) is 30.1 Å². The molecule has 1 atom stereocenters. The summed E-state index contributed by atoms with van der Waals surface area (Å²) in [5, 5.41) is 0. The summed E-state index contributed by atoms with van der Waals surface area (Å²) < 4.78 is 40.2. The molecule has 1 spiro atoms. The Bertz CT molecular complexity index is 751. The van der Waals surface area contributed by atoms with Crippen LogP contribution in [-0.2, 0) is 10.0 Å². The summed E-state index contributed by atoms with van der Waals surface area (Å²) in [7, 11) is -0.181. The van der Waals surface area contributed by atoms with Gasteiger partial charge in [0, 0.05) is 45.7 Å². The molecule has 0 unspecified atom stereocenters. The molecule has 0 saturated carbocycles. The van der Waals surface area contributed by atoms with Crippen LogP contribution in [0.2, 0.25) is 0 Å². The summed E-state index contributed by atoms with van der Waals surface area (Å²) in [6.45, 7) is 2.14. The van der Waals surface area contributed by atoms with Crippen molar-refractivity contribution in [2.75, 3.05) is 40.3 Å². The molecular weight excluding hydrogens is 345 g/mol. The van der Waals surface area contributed by atoms with E-state index in [9.17, 15) is 17.6 Å². The van der Waals surface area contributed by atoms with Gasteiger partial charge in [0.25, 0.3) is 0 Å². The van der Waals surface area contributed by atoms with Crippen LogP contribution in [0.15, 0.2) is 29.2 Å². The summed E-state index contributed by atoms with van der Waals surface area (Å²) in [4.78, 5) is 15.7. The Balaban J connectivity index is 1.76. The average Bonchev–Trinajstić information content (AvgIpc) is 2.98. The van der Waals surface area contributed by atoms with Crippen molar-refractivity contribution in [2.45, 2.75) is 24.2 Å². The Morgan fingerprint density at radius 3 is 2.44 bits per heavy atom. The second kappa shape index (κ2) is 6.57. The first-order valence-corrected chi connectivity index (χ1v) is 9.90. The molecule has 0 bridgehead atoms. The zero-order valence-electron chi connectivity index (χ0n) is 14.6. The van der Waals surface area contributed by atoms with Crippen LogP contribution in [-0.4, -0.2) is 68.8 Å². The zero-order chi connectivity index (χ0) is 18.2. The van der Waals surface area contributed by atoms with Crippen LogP contribution in [0.4, 0.5) is 9.18 Å². The molecule has 0 aliphatic carbocycles. The Hall–Kier alpha value is -1.67. The largest absolute Gasteiger partial charge is 0.331 e. The van der Waals surface area contributed by atoms with E-state index in [4.69, 9.17) is 0 Å². The molecule has 2 aliphatic heterocycles. The van der Waals surface area contributed by atoms with Crippen molar-refractivity contribution >= 4 is 16.1 Å². The third kappa shape index (κ3) is 3.50. The number of likely N-dealkylation sites (tertiary alicyclic amines) is 1. The van der Waals surface area contributed by atoms with Gasteiger partial charge in [-0.15, -0.1) is 0 Å². The summed E-state index contributed by atoms with van der Waals surface area (Å²) in [5.74, 6) is -0.457. The third-order valence-electron chi connectivity index (χ3n) is 5.17. The smallest absolute Gasteiger partial charge is 0.319 e. The number of halogens is 1. The fraction of sp³-hybridized carbons (Fsp3) is 0.588. The van der Waals surface area contributed by atoms with Gasteiger partial charge in [0.2, 0.25) is 10.0 Å². The molecule has 6 nitrogen and oxygen atoms in total. The average molecular weight is 369 g/mol. The van der Waals surface area contributed by atoms with E-state index in [1.807, 2.05) is 4.90 Å². The molecule has 0 radical (unpaired) electrons. The maximum atomic E-state index is 13.1.